The number of carbonyl (C=O) groups excluding carboxylic acids is 1. The molecule has 2 aromatic rings. The first-order valence-electron chi connectivity index (χ1n) is 7.91. The smallest absolute Gasteiger partial charge is 0.257 e. The van der Waals surface area contributed by atoms with Crippen molar-refractivity contribution in [3.05, 3.63) is 59.2 Å². The summed E-state index contributed by atoms with van der Waals surface area (Å²) in [7, 11) is 1.62. The predicted octanol–water partition coefficient (Wildman–Crippen LogP) is 3.46. The predicted molar refractivity (Wildman–Crippen MR) is 103 cm³/mol. The highest BCUT2D eigenvalue weighted by Crippen LogP contribution is 2.19. The first-order valence-corrected chi connectivity index (χ1v) is 8.32. The van der Waals surface area contributed by atoms with Gasteiger partial charge in [-0.15, -0.1) is 0 Å². The normalized spacial score (nSPS) is 10.2. The Labute approximate surface area is 153 Å². The molecule has 0 atom stereocenters. The summed E-state index contributed by atoms with van der Waals surface area (Å²) in [6, 6.07) is 12.8. The number of carbonyl (C=O) groups is 1. The van der Waals surface area contributed by atoms with Crippen LogP contribution in [0.5, 0.6) is 5.75 Å². The van der Waals surface area contributed by atoms with Crippen LogP contribution in [0.4, 0.5) is 5.69 Å². The van der Waals surface area contributed by atoms with E-state index in [1.54, 1.807) is 31.4 Å². The lowest BCUT2D eigenvalue weighted by atomic mass is 10.1. The molecule has 0 spiro atoms. The number of benzene rings is 2. The van der Waals surface area contributed by atoms with Crippen molar-refractivity contribution < 1.29 is 14.3 Å². The van der Waals surface area contributed by atoms with Crippen molar-refractivity contribution >= 4 is 28.9 Å². The van der Waals surface area contributed by atoms with Crippen LogP contribution in [-0.4, -0.2) is 31.3 Å². The summed E-state index contributed by atoms with van der Waals surface area (Å²) in [5.41, 5.74) is 3.54. The standard InChI is InChI=1S/C19H22N2O3S/c1-13-5-4-6-14(2)17(13)20-19(25)21-18(22)15-7-9-16(10-8-15)24-12-11-23-3/h4-10H,11-12H2,1-3H3,(H2,20,21,22,25). The molecule has 5 nitrogen and oxygen atoms in total. The van der Waals surface area contributed by atoms with Crippen molar-refractivity contribution in [2.75, 3.05) is 25.6 Å². The zero-order valence-corrected chi connectivity index (χ0v) is 15.4. The lowest BCUT2D eigenvalue weighted by molar-refractivity contribution is 0.0977. The van der Waals surface area contributed by atoms with E-state index in [1.807, 2.05) is 32.0 Å². The van der Waals surface area contributed by atoms with Gasteiger partial charge in [-0.1, -0.05) is 18.2 Å². The molecular formula is C19H22N2O3S. The van der Waals surface area contributed by atoms with E-state index >= 15 is 0 Å². The summed E-state index contributed by atoms with van der Waals surface area (Å²) in [4.78, 5) is 12.3. The Kier molecular flexibility index (Phi) is 6.91. The molecule has 0 aliphatic carbocycles. The van der Waals surface area contributed by atoms with Gasteiger partial charge in [0, 0.05) is 18.4 Å². The van der Waals surface area contributed by atoms with Gasteiger partial charge in [0.15, 0.2) is 5.11 Å². The topological polar surface area (TPSA) is 59.6 Å². The second-order valence-corrected chi connectivity index (χ2v) is 5.95. The summed E-state index contributed by atoms with van der Waals surface area (Å²) in [5.74, 6) is 0.414. The van der Waals surface area contributed by atoms with Crippen LogP contribution in [0.2, 0.25) is 0 Å². The molecule has 0 unspecified atom stereocenters. The number of hydrogen-bond donors (Lipinski definition) is 2. The molecule has 0 saturated heterocycles. The number of nitrogens with one attached hydrogen (secondary N) is 2. The highest BCUT2D eigenvalue weighted by Gasteiger charge is 2.10. The summed E-state index contributed by atoms with van der Waals surface area (Å²) in [6.07, 6.45) is 0. The highest BCUT2D eigenvalue weighted by molar-refractivity contribution is 7.80. The number of anilines is 1. The number of thiocarbonyl (C=S) groups is 1. The fourth-order valence-electron chi connectivity index (χ4n) is 2.28. The number of rotatable bonds is 6. The van der Waals surface area contributed by atoms with Crippen LogP contribution in [0, 0.1) is 13.8 Å². The second-order valence-electron chi connectivity index (χ2n) is 5.54. The molecule has 0 fully saturated rings. The van der Waals surface area contributed by atoms with Crippen LogP contribution in [0.3, 0.4) is 0 Å². The Morgan fingerprint density at radius 3 is 2.28 bits per heavy atom. The molecule has 2 N–H and O–H groups in total. The maximum absolute atomic E-state index is 12.3. The van der Waals surface area contributed by atoms with Gasteiger partial charge in [-0.05, 0) is 61.5 Å². The zero-order chi connectivity index (χ0) is 18.2. The van der Waals surface area contributed by atoms with Crippen molar-refractivity contribution in [3.8, 4) is 5.75 Å². The van der Waals surface area contributed by atoms with Gasteiger partial charge in [-0.3, -0.25) is 10.1 Å². The number of methoxy groups -OCH3 is 1. The van der Waals surface area contributed by atoms with Gasteiger partial charge in [0.1, 0.15) is 12.4 Å². The average molecular weight is 358 g/mol. The molecule has 2 rings (SSSR count). The van der Waals surface area contributed by atoms with Crippen molar-refractivity contribution in [2.45, 2.75) is 13.8 Å². The Morgan fingerprint density at radius 2 is 1.68 bits per heavy atom. The van der Waals surface area contributed by atoms with Gasteiger partial charge < -0.3 is 14.8 Å². The lowest BCUT2D eigenvalue weighted by Crippen LogP contribution is -2.34. The van der Waals surface area contributed by atoms with Crippen LogP contribution in [0.25, 0.3) is 0 Å². The van der Waals surface area contributed by atoms with Gasteiger partial charge in [0.2, 0.25) is 0 Å². The number of hydrogen-bond acceptors (Lipinski definition) is 4. The van der Waals surface area contributed by atoms with E-state index in [4.69, 9.17) is 21.7 Å². The van der Waals surface area contributed by atoms with E-state index in [9.17, 15) is 4.79 Å². The summed E-state index contributed by atoms with van der Waals surface area (Å²) in [5, 5.41) is 6.04. The van der Waals surface area contributed by atoms with Crippen LogP contribution in [-0.2, 0) is 4.74 Å². The molecule has 25 heavy (non-hydrogen) atoms. The fraction of sp³-hybridized carbons (Fsp3) is 0.263. The first-order chi connectivity index (χ1) is 12.0. The molecule has 6 heteroatoms. The SMILES string of the molecule is COCCOc1ccc(C(=O)NC(=S)Nc2c(C)cccc2C)cc1. The lowest BCUT2D eigenvalue weighted by Gasteiger charge is -2.14. The number of aryl methyl sites for hydroxylation is 2. The Morgan fingerprint density at radius 1 is 1.04 bits per heavy atom. The minimum Gasteiger partial charge on any atom is -0.491 e. The van der Waals surface area contributed by atoms with E-state index in [0.717, 1.165) is 16.8 Å². The molecule has 0 radical (unpaired) electrons. The molecule has 132 valence electrons. The third-order valence-electron chi connectivity index (χ3n) is 3.62. The Balaban J connectivity index is 1.93. The van der Waals surface area contributed by atoms with Crippen molar-refractivity contribution in [1.29, 1.82) is 0 Å². The first kappa shape index (κ1) is 18.9. The molecule has 0 aliphatic heterocycles. The maximum Gasteiger partial charge on any atom is 0.257 e. The largest absolute Gasteiger partial charge is 0.491 e. The molecule has 2 aromatic carbocycles. The van der Waals surface area contributed by atoms with Crippen molar-refractivity contribution in [2.24, 2.45) is 0 Å². The molecule has 0 aliphatic rings. The quantitative estimate of drug-likeness (QED) is 0.612. The highest BCUT2D eigenvalue weighted by atomic mass is 32.1. The third-order valence-corrected chi connectivity index (χ3v) is 3.82. The van der Waals surface area contributed by atoms with Crippen LogP contribution in [0.1, 0.15) is 21.5 Å². The third kappa shape index (κ3) is 5.55. The number of para-hydroxylation sites is 1. The maximum atomic E-state index is 12.3. The van der Waals surface area contributed by atoms with Crippen LogP contribution >= 0.6 is 12.2 Å². The van der Waals surface area contributed by atoms with Crippen molar-refractivity contribution in [3.63, 3.8) is 0 Å². The number of amides is 1. The molecule has 0 saturated carbocycles. The van der Waals surface area contributed by atoms with Gasteiger partial charge >= 0.3 is 0 Å². The van der Waals surface area contributed by atoms with E-state index in [0.29, 0.717) is 24.5 Å². The Hall–Kier alpha value is -2.44. The monoisotopic (exact) mass is 358 g/mol. The van der Waals surface area contributed by atoms with E-state index < -0.39 is 0 Å². The average Bonchev–Trinajstić information content (AvgIpc) is 2.59. The summed E-state index contributed by atoms with van der Waals surface area (Å²) < 4.78 is 10.4. The summed E-state index contributed by atoms with van der Waals surface area (Å²) >= 11 is 5.25. The van der Waals surface area contributed by atoms with E-state index in [-0.39, 0.29) is 11.0 Å². The molecule has 0 aromatic heterocycles. The minimum absolute atomic E-state index is 0.267. The minimum atomic E-state index is -0.271. The van der Waals surface area contributed by atoms with Gasteiger partial charge in [-0.2, -0.15) is 0 Å². The van der Waals surface area contributed by atoms with Gasteiger partial charge in [0.25, 0.3) is 5.91 Å². The molecule has 0 heterocycles. The van der Waals surface area contributed by atoms with E-state index in [2.05, 4.69) is 10.6 Å². The Bertz CT molecular complexity index is 725. The van der Waals surface area contributed by atoms with Crippen LogP contribution < -0.4 is 15.4 Å². The van der Waals surface area contributed by atoms with Gasteiger partial charge in [0.05, 0.1) is 6.61 Å². The summed E-state index contributed by atoms with van der Waals surface area (Å²) in [6.45, 7) is 4.95. The molecule has 1 amide bonds. The second kappa shape index (κ2) is 9.15. The molecule has 0 bridgehead atoms. The van der Waals surface area contributed by atoms with Crippen LogP contribution in [0.15, 0.2) is 42.5 Å². The number of ether oxygens (including phenoxy) is 2. The van der Waals surface area contributed by atoms with E-state index in [1.165, 1.54) is 0 Å². The fourth-order valence-corrected chi connectivity index (χ4v) is 2.47. The van der Waals surface area contributed by atoms with Crippen molar-refractivity contribution in [1.82, 2.24) is 5.32 Å². The zero-order valence-electron chi connectivity index (χ0n) is 14.6. The van der Waals surface area contributed by atoms with Gasteiger partial charge in [-0.25, -0.2) is 0 Å². The molecular weight excluding hydrogens is 336 g/mol.